The highest BCUT2D eigenvalue weighted by Gasteiger charge is 2.12. The van der Waals surface area contributed by atoms with Gasteiger partial charge in [-0.2, -0.15) is 0 Å². The average molecular weight is 238 g/mol. The van der Waals surface area contributed by atoms with E-state index in [1.165, 1.54) is 44.5 Å². The molecule has 0 bridgehead atoms. The fourth-order valence-corrected chi connectivity index (χ4v) is 3.15. The van der Waals surface area contributed by atoms with Crippen LogP contribution < -0.4 is 0 Å². The molecule has 0 fully saturated rings. The number of rotatable bonds is 1. The molecule has 0 radical (unpaired) electrons. The van der Waals surface area contributed by atoms with Crippen LogP contribution in [0.1, 0.15) is 33.4 Å². The largest absolute Gasteiger partial charge is 0.0557 e. The van der Waals surface area contributed by atoms with E-state index in [0.29, 0.717) is 0 Å². The normalized spacial score (nSPS) is 10.8. The minimum atomic E-state index is 1.34. The third-order valence-corrected chi connectivity index (χ3v) is 3.60. The molecule has 0 unspecified atom stereocenters. The lowest BCUT2D eigenvalue weighted by Crippen LogP contribution is -1.96. The van der Waals surface area contributed by atoms with Gasteiger partial charge in [-0.15, -0.1) is 0 Å². The van der Waals surface area contributed by atoms with Crippen molar-refractivity contribution in [3.63, 3.8) is 0 Å². The van der Waals surface area contributed by atoms with E-state index in [1.54, 1.807) is 0 Å². The van der Waals surface area contributed by atoms with Crippen LogP contribution in [-0.2, 0) is 0 Å². The number of benzene rings is 2. The lowest BCUT2D eigenvalue weighted by atomic mass is 9.87. The molecule has 2 rings (SSSR count). The highest BCUT2D eigenvalue weighted by atomic mass is 14.2. The van der Waals surface area contributed by atoms with E-state index in [1.807, 2.05) is 0 Å². The minimum Gasteiger partial charge on any atom is -0.0557 e. The van der Waals surface area contributed by atoms with Gasteiger partial charge in [0.2, 0.25) is 0 Å². The molecule has 2 aromatic carbocycles. The summed E-state index contributed by atoms with van der Waals surface area (Å²) >= 11 is 0. The molecule has 0 heteroatoms. The van der Waals surface area contributed by atoms with Crippen molar-refractivity contribution in [2.24, 2.45) is 0 Å². The number of hydrogen-bond donors (Lipinski definition) is 0. The first-order chi connectivity index (χ1) is 8.40. The zero-order chi connectivity index (χ0) is 13.4. The predicted octanol–water partition coefficient (Wildman–Crippen LogP) is 5.20. The second-order valence-electron chi connectivity index (χ2n) is 5.55. The van der Waals surface area contributed by atoms with Crippen molar-refractivity contribution in [1.82, 2.24) is 0 Å². The minimum absolute atomic E-state index is 1.34. The maximum absolute atomic E-state index is 2.28. The van der Waals surface area contributed by atoms with Crippen LogP contribution >= 0.6 is 0 Å². The van der Waals surface area contributed by atoms with Crippen LogP contribution in [0.25, 0.3) is 11.1 Å². The van der Waals surface area contributed by atoms with Crippen LogP contribution in [0.4, 0.5) is 0 Å². The Morgan fingerprint density at radius 1 is 0.444 bits per heavy atom. The van der Waals surface area contributed by atoms with Crippen LogP contribution in [-0.4, -0.2) is 0 Å². The Balaban J connectivity index is 2.78. The van der Waals surface area contributed by atoms with Crippen molar-refractivity contribution in [1.29, 1.82) is 0 Å². The fourth-order valence-electron chi connectivity index (χ4n) is 3.15. The molecule has 0 aliphatic heterocycles. The van der Waals surface area contributed by atoms with E-state index in [2.05, 4.69) is 65.8 Å². The van der Waals surface area contributed by atoms with Crippen molar-refractivity contribution in [2.75, 3.05) is 0 Å². The van der Waals surface area contributed by atoms with Crippen molar-refractivity contribution < 1.29 is 0 Å². The summed E-state index contributed by atoms with van der Waals surface area (Å²) in [4.78, 5) is 0. The van der Waals surface area contributed by atoms with E-state index in [-0.39, 0.29) is 0 Å². The zero-order valence-corrected chi connectivity index (χ0v) is 12.3. The van der Waals surface area contributed by atoms with E-state index >= 15 is 0 Å². The molecule has 2 aromatic rings. The molecule has 0 aromatic heterocycles. The summed E-state index contributed by atoms with van der Waals surface area (Å²) in [5.74, 6) is 0. The third-order valence-electron chi connectivity index (χ3n) is 3.60. The first-order valence-electron chi connectivity index (χ1n) is 6.56. The first kappa shape index (κ1) is 12.9. The molecule has 0 saturated heterocycles. The molecule has 18 heavy (non-hydrogen) atoms. The van der Waals surface area contributed by atoms with Crippen molar-refractivity contribution in [2.45, 2.75) is 41.5 Å². The molecule has 0 aliphatic carbocycles. The summed E-state index contributed by atoms with van der Waals surface area (Å²) < 4.78 is 0. The SMILES string of the molecule is Cc1cc(C)c(-c2c(C)cc(C)cc2C)c(C)c1. The van der Waals surface area contributed by atoms with Crippen molar-refractivity contribution >= 4 is 0 Å². The summed E-state index contributed by atoms with van der Waals surface area (Å²) in [7, 11) is 0. The summed E-state index contributed by atoms with van der Waals surface area (Å²) in [5, 5.41) is 0. The summed E-state index contributed by atoms with van der Waals surface area (Å²) in [5.41, 5.74) is 11.0. The topological polar surface area (TPSA) is 0 Å². The van der Waals surface area contributed by atoms with Gasteiger partial charge in [-0.25, -0.2) is 0 Å². The predicted molar refractivity (Wildman–Crippen MR) is 80.3 cm³/mol. The van der Waals surface area contributed by atoms with Crippen molar-refractivity contribution in [3.8, 4) is 11.1 Å². The Bertz CT molecular complexity index is 502. The maximum Gasteiger partial charge on any atom is -0.0120 e. The molecule has 0 N–H and O–H groups in total. The Kier molecular flexibility index (Phi) is 3.30. The Hall–Kier alpha value is -1.56. The molecule has 0 amide bonds. The standard InChI is InChI=1S/C18H22/c1-11-7-13(3)17(14(4)8-11)18-15(5)9-12(2)10-16(18)6/h7-10H,1-6H3. The van der Waals surface area contributed by atoms with Gasteiger partial charge >= 0.3 is 0 Å². The van der Waals surface area contributed by atoms with E-state index < -0.39 is 0 Å². The summed E-state index contributed by atoms with van der Waals surface area (Å²) in [6, 6.07) is 9.12. The van der Waals surface area contributed by atoms with E-state index in [4.69, 9.17) is 0 Å². The maximum atomic E-state index is 2.28. The second-order valence-corrected chi connectivity index (χ2v) is 5.55. The summed E-state index contributed by atoms with van der Waals surface area (Å²) in [6.45, 7) is 13.2. The Morgan fingerprint density at radius 3 is 0.889 bits per heavy atom. The first-order valence-corrected chi connectivity index (χ1v) is 6.56. The molecule has 0 heterocycles. The van der Waals surface area contributed by atoms with Gasteiger partial charge in [-0.1, -0.05) is 35.4 Å². The van der Waals surface area contributed by atoms with Gasteiger partial charge in [0, 0.05) is 0 Å². The van der Waals surface area contributed by atoms with Gasteiger partial charge in [-0.3, -0.25) is 0 Å². The summed E-state index contributed by atoms with van der Waals surface area (Å²) in [6.07, 6.45) is 0. The number of hydrogen-bond acceptors (Lipinski definition) is 0. The smallest absolute Gasteiger partial charge is 0.0120 e. The fraction of sp³-hybridized carbons (Fsp3) is 0.333. The van der Waals surface area contributed by atoms with Crippen LogP contribution in [0.3, 0.4) is 0 Å². The van der Waals surface area contributed by atoms with E-state index in [0.717, 1.165) is 0 Å². The highest BCUT2D eigenvalue weighted by molar-refractivity contribution is 5.77. The molecule has 0 aliphatic rings. The van der Waals surface area contributed by atoms with Gasteiger partial charge in [0.25, 0.3) is 0 Å². The van der Waals surface area contributed by atoms with E-state index in [9.17, 15) is 0 Å². The molecule has 94 valence electrons. The van der Waals surface area contributed by atoms with Gasteiger partial charge in [-0.05, 0) is 74.9 Å². The molecule has 0 saturated carbocycles. The molecule has 0 nitrogen and oxygen atoms in total. The molecule has 0 atom stereocenters. The van der Waals surface area contributed by atoms with Crippen LogP contribution in [0.15, 0.2) is 24.3 Å². The lowest BCUT2D eigenvalue weighted by molar-refractivity contribution is 1.27. The average Bonchev–Trinajstić information content (AvgIpc) is 2.20. The monoisotopic (exact) mass is 238 g/mol. The van der Waals surface area contributed by atoms with Crippen LogP contribution in [0.2, 0.25) is 0 Å². The molecule has 0 spiro atoms. The molecular weight excluding hydrogens is 216 g/mol. The zero-order valence-electron chi connectivity index (χ0n) is 12.3. The molecular formula is C18H22. The highest BCUT2D eigenvalue weighted by Crippen LogP contribution is 2.34. The van der Waals surface area contributed by atoms with Gasteiger partial charge in [0.15, 0.2) is 0 Å². The van der Waals surface area contributed by atoms with Gasteiger partial charge < -0.3 is 0 Å². The van der Waals surface area contributed by atoms with Crippen molar-refractivity contribution in [3.05, 3.63) is 57.6 Å². The third kappa shape index (κ3) is 2.20. The van der Waals surface area contributed by atoms with Gasteiger partial charge in [0.05, 0.1) is 0 Å². The Morgan fingerprint density at radius 2 is 0.667 bits per heavy atom. The second kappa shape index (κ2) is 4.61. The Labute approximate surface area is 111 Å². The number of aryl methyl sites for hydroxylation is 6. The van der Waals surface area contributed by atoms with Crippen LogP contribution in [0.5, 0.6) is 0 Å². The van der Waals surface area contributed by atoms with Gasteiger partial charge in [0.1, 0.15) is 0 Å². The van der Waals surface area contributed by atoms with Crippen LogP contribution in [0, 0.1) is 41.5 Å². The lowest BCUT2D eigenvalue weighted by Gasteiger charge is -2.17. The quantitative estimate of drug-likeness (QED) is 0.640.